The molecule has 0 bridgehead atoms. The molecule has 0 unspecified atom stereocenters. The number of nitro benzene ring substituents is 1. The maximum atomic E-state index is 10.8. The Balaban J connectivity index is 1.75. The number of nitrogens with one attached hydrogen (secondary N) is 1. The Morgan fingerprint density at radius 1 is 1.27 bits per heavy atom. The van der Waals surface area contributed by atoms with E-state index in [4.69, 9.17) is 4.42 Å². The van der Waals surface area contributed by atoms with E-state index < -0.39 is 4.92 Å². The van der Waals surface area contributed by atoms with Crippen molar-refractivity contribution in [1.82, 2.24) is 10.2 Å². The van der Waals surface area contributed by atoms with Crippen LogP contribution in [0.15, 0.2) is 22.6 Å². The van der Waals surface area contributed by atoms with Crippen molar-refractivity contribution >= 4 is 5.69 Å². The zero-order valence-electron chi connectivity index (χ0n) is 12.5. The molecule has 1 aromatic carbocycles. The topological polar surface area (TPSA) is 86.5 Å². The Labute approximate surface area is 128 Å². The molecule has 0 radical (unpaired) electrons. The van der Waals surface area contributed by atoms with Gasteiger partial charge in [0.15, 0.2) is 6.54 Å². The van der Waals surface area contributed by atoms with E-state index in [0.717, 1.165) is 25.2 Å². The van der Waals surface area contributed by atoms with Crippen molar-refractivity contribution in [3.63, 3.8) is 0 Å². The smallest absolute Gasteiger partial charge is 0.272 e. The largest absolute Gasteiger partial charge is 0.415 e. The first-order valence-corrected chi connectivity index (χ1v) is 7.55. The van der Waals surface area contributed by atoms with E-state index in [1.165, 1.54) is 30.2 Å². The van der Waals surface area contributed by atoms with E-state index in [2.05, 4.69) is 10.2 Å². The molecule has 2 aromatic rings. The van der Waals surface area contributed by atoms with Crippen molar-refractivity contribution in [2.45, 2.75) is 32.7 Å². The van der Waals surface area contributed by atoms with Crippen LogP contribution in [-0.2, 0) is 6.54 Å². The summed E-state index contributed by atoms with van der Waals surface area (Å²) in [6, 6.07) is 4.84. The van der Waals surface area contributed by atoms with Gasteiger partial charge in [-0.3, -0.25) is 10.1 Å². The van der Waals surface area contributed by atoms with Crippen LogP contribution in [-0.4, -0.2) is 28.2 Å². The first kappa shape index (κ1) is 14.6. The van der Waals surface area contributed by atoms with Crippen LogP contribution in [0.1, 0.15) is 30.7 Å². The fourth-order valence-corrected chi connectivity index (χ4v) is 2.88. The quantitative estimate of drug-likeness (QED) is 0.683. The number of aromatic nitrogens is 2. The van der Waals surface area contributed by atoms with E-state index in [1.54, 1.807) is 19.1 Å². The zero-order valence-corrected chi connectivity index (χ0v) is 12.5. The second kappa shape index (κ2) is 6.23. The Hall–Kier alpha value is -2.28. The molecule has 0 aliphatic carbocycles. The molecule has 116 valence electrons. The van der Waals surface area contributed by atoms with Gasteiger partial charge >= 0.3 is 0 Å². The minimum absolute atomic E-state index is 0.0984. The monoisotopic (exact) mass is 303 g/mol. The van der Waals surface area contributed by atoms with Gasteiger partial charge in [-0.05, 0) is 38.3 Å². The molecule has 1 saturated heterocycles. The van der Waals surface area contributed by atoms with E-state index >= 15 is 0 Å². The summed E-state index contributed by atoms with van der Waals surface area (Å²) in [7, 11) is 0. The lowest BCUT2D eigenvalue weighted by molar-refractivity contribution is -0.919. The molecule has 3 rings (SSSR count). The van der Waals surface area contributed by atoms with Crippen LogP contribution >= 0.6 is 0 Å². The molecule has 0 spiro atoms. The summed E-state index contributed by atoms with van der Waals surface area (Å²) in [5, 5.41) is 19.0. The average molecular weight is 303 g/mol. The molecule has 0 atom stereocenters. The first-order chi connectivity index (χ1) is 10.6. The van der Waals surface area contributed by atoms with Crippen LogP contribution in [0.2, 0.25) is 0 Å². The van der Waals surface area contributed by atoms with Gasteiger partial charge in [0.05, 0.1) is 18.0 Å². The number of rotatable bonds is 4. The molecule has 1 N–H and O–H groups in total. The Morgan fingerprint density at radius 3 is 2.73 bits per heavy atom. The van der Waals surface area contributed by atoms with E-state index in [0.29, 0.717) is 17.3 Å². The second-order valence-corrected chi connectivity index (χ2v) is 5.75. The molecule has 1 aliphatic rings. The standard InChI is InChI=1S/C15H18N4O3/c1-11-9-12(5-6-13(11)19(20)21)15-17-16-14(22-15)10-18-7-3-2-4-8-18/h5-6,9H,2-4,7-8,10H2,1H3/p+1. The van der Waals surface area contributed by atoms with Gasteiger partial charge in [-0.25, -0.2) is 0 Å². The summed E-state index contributed by atoms with van der Waals surface area (Å²) < 4.78 is 5.71. The Morgan fingerprint density at radius 2 is 2.05 bits per heavy atom. The van der Waals surface area contributed by atoms with Gasteiger partial charge < -0.3 is 9.32 Å². The minimum Gasteiger partial charge on any atom is -0.415 e. The van der Waals surface area contributed by atoms with Crippen LogP contribution in [0.5, 0.6) is 0 Å². The number of quaternary nitrogens is 1. The van der Waals surface area contributed by atoms with Crippen molar-refractivity contribution in [3.8, 4) is 11.5 Å². The van der Waals surface area contributed by atoms with Crippen molar-refractivity contribution < 1.29 is 14.2 Å². The third-order valence-corrected chi connectivity index (χ3v) is 4.07. The third-order valence-electron chi connectivity index (χ3n) is 4.07. The van der Waals surface area contributed by atoms with Crippen LogP contribution in [0.3, 0.4) is 0 Å². The molecule has 7 nitrogen and oxygen atoms in total. The third kappa shape index (κ3) is 3.14. The average Bonchev–Trinajstić information content (AvgIpc) is 2.96. The molecule has 22 heavy (non-hydrogen) atoms. The molecule has 1 fully saturated rings. The van der Waals surface area contributed by atoms with Crippen LogP contribution in [0.4, 0.5) is 5.69 Å². The van der Waals surface area contributed by atoms with Gasteiger partial charge in [0, 0.05) is 17.2 Å². The number of nitrogens with zero attached hydrogens (tertiary/aromatic N) is 3. The molecular formula is C15H19N4O3+. The van der Waals surface area contributed by atoms with Crippen molar-refractivity contribution in [1.29, 1.82) is 0 Å². The van der Waals surface area contributed by atoms with E-state index in [1.807, 2.05) is 0 Å². The number of likely N-dealkylation sites (tertiary alicyclic amines) is 1. The van der Waals surface area contributed by atoms with Crippen LogP contribution in [0, 0.1) is 17.0 Å². The summed E-state index contributed by atoms with van der Waals surface area (Å²) in [5.41, 5.74) is 1.40. The van der Waals surface area contributed by atoms with E-state index in [-0.39, 0.29) is 5.69 Å². The highest BCUT2D eigenvalue weighted by molar-refractivity contribution is 5.58. The van der Waals surface area contributed by atoms with Gasteiger partial charge in [-0.1, -0.05) is 0 Å². The van der Waals surface area contributed by atoms with Gasteiger partial charge in [0.25, 0.3) is 11.6 Å². The predicted molar refractivity (Wildman–Crippen MR) is 79.4 cm³/mol. The summed E-state index contributed by atoms with van der Waals surface area (Å²) >= 11 is 0. The minimum atomic E-state index is -0.391. The number of piperidine rings is 1. The number of benzene rings is 1. The maximum Gasteiger partial charge on any atom is 0.272 e. The number of nitro groups is 1. The number of hydrogen-bond donors (Lipinski definition) is 1. The van der Waals surface area contributed by atoms with Crippen molar-refractivity contribution in [2.24, 2.45) is 0 Å². The lowest BCUT2D eigenvalue weighted by Gasteiger charge is -2.21. The first-order valence-electron chi connectivity index (χ1n) is 7.55. The highest BCUT2D eigenvalue weighted by atomic mass is 16.6. The molecule has 1 aliphatic heterocycles. The molecular weight excluding hydrogens is 284 g/mol. The summed E-state index contributed by atoms with van der Waals surface area (Å²) in [4.78, 5) is 11.9. The SMILES string of the molecule is Cc1cc(-c2nnc(C[NH+]3CCCCC3)o2)ccc1[N+](=O)[O-]. The molecule has 0 saturated carbocycles. The number of aryl methyl sites for hydroxylation is 1. The van der Waals surface area contributed by atoms with Gasteiger partial charge in [0.1, 0.15) is 0 Å². The predicted octanol–water partition coefficient (Wildman–Crippen LogP) is 1.52. The van der Waals surface area contributed by atoms with Crippen LogP contribution in [0.25, 0.3) is 11.5 Å². The normalized spacial score (nSPS) is 15.9. The van der Waals surface area contributed by atoms with Crippen molar-refractivity contribution in [2.75, 3.05) is 13.1 Å². The maximum absolute atomic E-state index is 10.8. The lowest BCUT2D eigenvalue weighted by atomic mass is 10.1. The fraction of sp³-hybridized carbons (Fsp3) is 0.467. The van der Waals surface area contributed by atoms with Gasteiger partial charge in [-0.2, -0.15) is 0 Å². The van der Waals surface area contributed by atoms with Crippen molar-refractivity contribution in [3.05, 3.63) is 39.8 Å². The fourth-order valence-electron chi connectivity index (χ4n) is 2.88. The highest BCUT2D eigenvalue weighted by Crippen LogP contribution is 2.25. The van der Waals surface area contributed by atoms with Gasteiger partial charge in [0.2, 0.25) is 5.89 Å². The summed E-state index contributed by atoms with van der Waals surface area (Å²) in [6.45, 7) is 4.75. The molecule has 0 amide bonds. The summed E-state index contributed by atoms with van der Waals surface area (Å²) in [6.07, 6.45) is 3.80. The molecule has 7 heteroatoms. The Kier molecular flexibility index (Phi) is 4.15. The lowest BCUT2D eigenvalue weighted by Crippen LogP contribution is -3.11. The Bertz CT molecular complexity index is 677. The van der Waals surface area contributed by atoms with Gasteiger partial charge in [-0.15, -0.1) is 10.2 Å². The molecule has 1 aromatic heterocycles. The zero-order chi connectivity index (χ0) is 15.5. The number of hydrogen-bond acceptors (Lipinski definition) is 5. The van der Waals surface area contributed by atoms with E-state index in [9.17, 15) is 10.1 Å². The second-order valence-electron chi connectivity index (χ2n) is 5.75. The summed E-state index contributed by atoms with van der Waals surface area (Å²) in [5.74, 6) is 1.05. The van der Waals surface area contributed by atoms with Crippen LogP contribution < -0.4 is 4.90 Å². The highest BCUT2D eigenvalue weighted by Gasteiger charge is 2.19. The molecule has 2 heterocycles.